The lowest BCUT2D eigenvalue weighted by atomic mass is 10.2. The number of nitrogens with zero attached hydrogens (tertiary/aromatic N) is 1. The second-order valence-corrected chi connectivity index (χ2v) is 7.20. The second kappa shape index (κ2) is 9.40. The van der Waals surface area contributed by atoms with Gasteiger partial charge in [0.15, 0.2) is 18.1 Å². The van der Waals surface area contributed by atoms with Crippen LogP contribution in [-0.2, 0) is 11.3 Å². The molecule has 29 heavy (non-hydrogen) atoms. The SMILES string of the molecule is COc1cc(C(=O)NCc2csc(-c3ccccc3)n2)cc(Cl)c1OCC(N)=O. The molecule has 3 rings (SSSR count). The van der Waals surface area contributed by atoms with Gasteiger partial charge in [-0.1, -0.05) is 41.9 Å². The van der Waals surface area contributed by atoms with Gasteiger partial charge in [0.05, 0.1) is 24.4 Å². The fourth-order valence-electron chi connectivity index (χ4n) is 2.51. The van der Waals surface area contributed by atoms with E-state index in [0.29, 0.717) is 0 Å². The highest BCUT2D eigenvalue weighted by atomic mass is 35.5. The molecule has 0 unspecified atom stereocenters. The number of rotatable bonds is 8. The number of amides is 2. The van der Waals surface area contributed by atoms with Crippen LogP contribution >= 0.6 is 22.9 Å². The maximum absolute atomic E-state index is 12.5. The summed E-state index contributed by atoms with van der Waals surface area (Å²) in [6.45, 7) is -0.0861. The molecule has 0 fully saturated rings. The Balaban J connectivity index is 1.68. The summed E-state index contributed by atoms with van der Waals surface area (Å²) in [5, 5.41) is 5.72. The van der Waals surface area contributed by atoms with Crippen molar-refractivity contribution in [3.8, 4) is 22.1 Å². The van der Waals surface area contributed by atoms with Crippen molar-refractivity contribution < 1.29 is 19.1 Å². The number of methoxy groups -OCH3 is 1. The first-order valence-electron chi connectivity index (χ1n) is 8.54. The summed E-state index contributed by atoms with van der Waals surface area (Å²) in [4.78, 5) is 28.0. The van der Waals surface area contributed by atoms with Gasteiger partial charge in [-0.25, -0.2) is 4.98 Å². The molecule has 1 aromatic heterocycles. The molecule has 3 N–H and O–H groups in total. The second-order valence-electron chi connectivity index (χ2n) is 5.94. The number of halogens is 1. The zero-order valence-electron chi connectivity index (χ0n) is 15.5. The molecule has 2 aromatic carbocycles. The van der Waals surface area contributed by atoms with Crippen LogP contribution in [0.5, 0.6) is 11.5 Å². The number of primary amides is 1. The molecule has 3 aromatic rings. The summed E-state index contributed by atoms with van der Waals surface area (Å²) in [6.07, 6.45) is 0. The zero-order chi connectivity index (χ0) is 20.8. The Morgan fingerprint density at radius 2 is 2.00 bits per heavy atom. The fraction of sp³-hybridized carbons (Fsp3) is 0.150. The molecule has 1 heterocycles. The number of thiazole rings is 1. The van der Waals surface area contributed by atoms with Crippen LogP contribution in [0.15, 0.2) is 47.8 Å². The van der Waals surface area contributed by atoms with E-state index in [2.05, 4.69) is 10.3 Å². The number of aromatic nitrogens is 1. The topological polar surface area (TPSA) is 104 Å². The maximum atomic E-state index is 12.5. The van der Waals surface area contributed by atoms with E-state index in [0.717, 1.165) is 16.3 Å². The molecule has 7 nitrogen and oxygen atoms in total. The monoisotopic (exact) mass is 431 g/mol. The summed E-state index contributed by atoms with van der Waals surface area (Å²) in [6, 6.07) is 12.7. The van der Waals surface area contributed by atoms with Crippen molar-refractivity contribution in [1.82, 2.24) is 10.3 Å². The van der Waals surface area contributed by atoms with Crippen LogP contribution in [0.4, 0.5) is 0 Å². The standard InChI is InChI=1S/C20H18ClN3O4S/c1-27-16-8-13(7-15(21)18(16)28-10-17(22)25)19(26)23-9-14-11-29-20(24-14)12-5-3-2-4-6-12/h2-8,11H,9-10H2,1H3,(H2,22,25)(H,23,26). The molecule has 9 heteroatoms. The molecule has 2 amide bonds. The average molecular weight is 432 g/mol. The van der Waals surface area contributed by atoms with Crippen molar-refractivity contribution in [2.45, 2.75) is 6.54 Å². The van der Waals surface area contributed by atoms with E-state index in [1.165, 1.54) is 30.6 Å². The number of nitrogens with two attached hydrogens (primary N) is 1. The van der Waals surface area contributed by atoms with Gasteiger partial charge < -0.3 is 20.5 Å². The molecule has 0 saturated carbocycles. The van der Waals surface area contributed by atoms with Crippen LogP contribution in [0.2, 0.25) is 5.02 Å². The number of hydrogen-bond acceptors (Lipinski definition) is 6. The lowest BCUT2D eigenvalue weighted by Crippen LogP contribution is -2.23. The minimum atomic E-state index is -0.650. The maximum Gasteiger partial charge on any atom is 0.255 e. The van der Waals surface area contributed by atoms with E-state index in [1.807, 2.05) is 35.7 Å². The Hall–Kier alpha value is -3.10. The number of benzene rings is 2. The van der Waals surface area contributed by atoms with Crippen molar-refractivity contribution in [1.29, 1.82) is 0 Å². The zero-order valence-corrected chi connectivity index (χ0v) is 17.0. The Bertz CT molecular complexity index is 1020. The minimum Gasteiger partial charge on any atom is -0.493 e. The normalized spacial score (nSPS) is 10.4. The van der Waals surface area contributed by atoms with Crippen LogP contribution in [-0.4, -0.2) is 30.5 Å². The van der Waals surface area contributed by atoms with Crippen LogP contribution < -0.4 is 20.5 Å². The van der Waals surface area contributed by atoms with Crippen LogP contribution in [0.1, 0.15) is 16.1 Å². The first kappa shape index (κ1) is 20.6. The predicted octanol–water partition coefficient (Wildman–Crippen LogP) is 3.27. The van der Waals surface area contributed by atoms with Gasteiger partial charge in [0.2, 0.25) is 0 Å². The predicted molar refractivity (Wildman–Crippen MR) is 111 cm³/mol. The largest absolute Gasteiger partial charge is 0.493 e. The highest BCUT2D eigenvalue weighted by molar-refractivity contribution is 7.13. The van der Waals surface area contributed by atoms with Gasteiger partial charge in [0.1, 0.15) is 5.01 Å². The van der Waals surface area contributed by atoms with Crippen molar-refractivity contribution in [3.05, 3.63) is 64.1 Å². The van der Waals surface area contributed by atoms with Crippen molar-refractivity contribution in [3.63, 3.8) is 0 Å². The van der Waals surface area contributed by atoms with Gasteiger partial charge in [0, 0.05) is 16.5 Å². The Morgan fingerprint density at radius 3 is 2.69 bits per heavy atom. The van der Waals surface area contributed by atoms with E-state index >= 15 is 0 Å². The van der Waals surface area contributed by atoms with Gasteiger partial charge in [-0.15, -0.1) is 11.3 Å². The number of nitrogens with one attached hydrogen (secondary N) is 1. The van der Waals surface area contributed by atoms with Crippen molar-refractivity contribution >= 4 is 34.8 Å². The van der Waals surface area contributed by atoms with Gasteiger partial charge in [-0.2, -0.15) is 0 Å². The highest BCUT2D eigenvalue weighted by Gasteiger charge is 2.17. The van der Waals surface area contributed by atoms with Crippen LogP contribution in [0.25, 0.3) is 10.6 Å². The molecule has 0 aliphatic rings. The average Bonchev–Trinajstić information content (AvgIpc) is 3.20. The molecule has 0 atom stereocenters. The third-order valence-corrected chi connectivity index (χ3v) is 5.07. The lowest BCUT2D eigenvalue weighted by molar-refractivity contribution is -0.119. The van der Waals surface area contributed by atoms with E-state index < -0.39 is 5.91 Å². The van der Waals surface area contributed by atoms with Gasteiger partial charge >= 0.3 is 0 Å². The molecule has 0 radical (unpaired) electrons. The number of hydrogen-bond donors (Lipinski definition) is 2. The van der Waals surface area contributed by atoms with Gasteiger partial charge in [0.25, 0.3) is 11.8 Å². The van der Waals surface area contributed by atoms with Crippen molar-refractivity contribution in [2.75, 3.05) is 13.7 Å². The number of carbonyl (C=O) groups is 2. The molecule has 0 aliphatic heterocycles. The quantitative estimate of drug-likeness (QED) is 0.569. The smallest absolute Gasteiger partial charge is 0.255 e. The fourth-order valence-corrected chi connectivity index (χ4v) is 3.60. The summed E-state index contributed by atoms with van der Waals surface area (Å²) < 4.78 is 10.5. The molecule has 0 spiro atoms. The molecule has 150 valence electrons. The Morgan fingerprint density at radius 1 is 1.24 bits per heavy atom. The first-order valence-corrected chi connectivity index (χ1v) is 9.80. The first-order chi connectivity index (χ1) is 14.0. The summed E-state index contributed by atoms with van der Waals surface area (Å²) in [5.74, 6) is -0.621. The Labute approximate surface area is 176 Å². The van der Waals surface area contributed by atoms with E-state index in [9.17, 15) is 9.59 Å². The molecule has 0 aliphatic carbocycles. The third-order valence-electron chi connectivity index (χ3n) is 3.85. The van der Waals surface area contributed by atoms with Crippen LogP contribution in [0.3, 0.4) is 0 Å². The molecule has 0 bridgehead atoms. The molecule has 0 saturated heterocycles. The summed E-state index contributed by atoms with van der Waals surface area (Å²) in [5.41, 5.74) is 7.14. The van der Waals surface area contributed by atoms with Crippen molar-refractivity contribution in [2.24, 2.45) is 5.73 Å². The van der Waals surface area contributed by atoms with E-state index in [-0.39, 0.29) is 41.1 Å². The summed E-state index contributed by atoms with van der Waals surface area (Å²) in [7, 11) is 1.41. The highest BCUT2D eigenvalue weighted by Crippen LogP contribution is 2.36. The minimum absolute atomic E-state index is 0.135. The molecular formula is C20H18ClN3O4S. The number of carbonyl (C=O) groups excluding carboxylic acids is 2. The van der Waals surface area contributed by atoms with Gasteiger partial charge in [-0.3, -0.25) is 9.59 Å². The van der Waals surface area contributed by atoms with E-state index in [1.54, 1.807) is 0 Å². The Kier molecular flexibility index (Phi) is 6.69. The van der Waals surface area contributed by atoms with Crippen LogP contribution in [0, 0.1) is 0 Å². The number of ether oxygens (including phenoxy) is 2. The van der Waals surface area contributed by atoms with Gasteiger partial charge in [-0.05, 0) is 12.1 Å². The molecular weight excluding hydrogens is 414 g/mol. The van der Waals surface area contributed by atoms with E-state index in [4.69, 9.17) is 26.8 Å². The summed E-state index contributed by atoms with van der Waals surface area (Å²) >= 11 is 7.69. The lowest BCUT2D eigenvalue weighted by Gasteiger charge is -2.13. The third kappa shape index (κ3) is 5.24.